The van der Waals surface area contributed by atoms with E-state index in [-0.39, 0.29) is 6.61 Å². The second-order valence-corrected chi connectivity index (χ2v) is 5.48. The van der Waals surface area contributed by atoms with Crippen molar-refractivity contribution in [2.24, 2.45) is 7.05 Å². The van der Waals surface area contributed by atoms with Crippen LogP contribution in [0.15, 0.2) is 65.5 Å². The smallest absolute Gasteiger partial charge is 0.348 e. The van der Waals surface area contributed by atoms with Crippen LogP contribution in [0.3, 0.4) is 0 Å². The number of hydrogen-bond acceptors (Lipinski definition) is 4. The fourth-order valence-electron chi connectivity index (χ4n) is 2.74. The van der Waals surface area contributed by atoms with E-state index in [1.165, 1.54) is 4.57 Å². The first-order valence-electron chi connectivity index (χ1n) is 8.02. The third-order valence-electron chi connectivity index (χ3n) is 3.88. The van der Waals surface area contributed by atoms with Crippen LogP contribution in [0, 0.1) is 0 Å². The van der Waals surface area contributed by atoms with Gasteiger partial charge < -0.3 is 4.74 Å². The van der Waals surface area contributed by atoms with Gasteiger partial charge in [0.05, 0.1) is 18.0 Å². The number of carbonyl (C=O) groups excluding carboxylic acids is 1. The minimum absolute atomic E-state index is 0.240. The van der Waals surface area contributed by atoms with E-state index in [2.05, 4.69) is 4.98 Å². The van der Waals surface area contributed by atoms with E-state index in [1.54, 1.807) is 14.0 Å². The van der Waals surface area contributed by atoms with Crippen LogP contribution in [0.1, 0.15) is 17.3 Å². The van der Waals surface area contributed by atoms with Crippen LogP contribution in [0.2, 0.25) is 0 Å². The van der Waals surface area contributed by atoms with Gasteiger partial charge in [-0.1, -0.05) is 60.7 Å². The number of ether oxygens (including phenoxy) is 1. The molecule has 1 heterocycles. The lowest BCUT2D eigenvalue weighted by molar-refractivity contribution is 0.0527. The number of nitrogens with zero attached hydrogens (tertiary/aromatic N) is 2. The molecule has 0 spiro atoms. The lowest BCUT2D eigenvalue weighted by Crippen LogP contribution is -2.26. The Morgan fingerprint density at radius 2 is 1.56 bits per heavy atom. The van der Waals surface area contributed by atoms with E-state index < -0.39 is 11.7 Å². The summed E-state index contributed by atoms with van der Waals surface area (Å²) in [5.41, 5.74) is 2.15. The van der Waals surface area contributed by atoms with Crippen LogP contribution in [-0.2, 0) is 11.8 Å². The summed E-state index contributed by atoms with van der Waals surface area (Å²) in [6, 6.07) is 18.5. The van der Waals surface area contributed by atoms with Gasteiger partial charge in [-0.25, -0.2) is 9.59 Å². The van der Waals surface area contributed by atoms with E-state index in [0.717, 1.165) is 5.56 Å². The summed E-state index contributed by atoms with van der Waals surface area (Å²) in [6.45, 7) is 1.99. The molecule has 0 unspecified atom stereocenters. The quantitative estimate of drug-likeness (QED) is 0.687. The number of rotatable bonds is 4. The fourth-order valence-corrected chi connectivity index (χ4v) is 2.74. The number of hydrogen-bond donors (Lipinski definition) is 0. The van der Waals surface area contributed by atoms with Gasteiger partial charge in [0, 0.05) is 12.6 Å². The number of benzene rings is 2. The van der Waals surface area contributed by atoms with Crippen LogP contribution in [0.4, 0.5) is 0 Å². The van der Waals surface area contributed by atoms with Gasteiger partial charge >= 0.3 is 11.7 Å². The largest absolute Gasteiger partial charge is 0.462 e. The molecular weight excluding hydrogens is 316 g/mol. The Morgan fingerprint density at radius 1 is 1.00 bits per heavy atom. The van der Waals surface area contributed by atoms with Crippen molar-refractivity contribution in [3.8, 4) is 22.5 Å². The Hall–Kier alpha value is -3.21. The normalized spacial score (nSPS) is 10.5. The van der Waals surface area contributed by atoms with Crippen molar-refractivity contribution < 1.29 is 9.53 Å². The monoisotopic (exact) mass is 334 g/mol. The van der Waals surface area contributed by atoms with Crippen LogP contribution >= 0.6 is 0 Å². The SMILES string of the molecule is CCOC(=O)c1c(-c2ccccc2)nc(=O)n(C)c1-c1ccccc1. The summed E-state index contributed by atoms with van der Waals surface area (Å²) in [6.07, 6.45) is 0. The highest BCUT2D eigenvalue weighted by atomic mass is 16.5. The maximum absolute atomic E-state index is 12.7. The summed E-state index contributed by atoms with van der Waals surface area (Å²) >= 11 is 0. The van der Waals surface area contributed by atoms with Gasteiger partial charge in [0.15, 0.2) is 0 Å². The Kier molecular flexibility index (Phi) is 4.75. The molecule has 3 rings (SSSR count). The number of esters is 1. The van der Waals surface area contributed by atoms with Gasteiger partial charge in [-0.15, -0.1) is 0 Å². The first-order chi connectivity index (χ1) is 12.1. The van der Waals surface area contributed by atoms with E-state index >= 15 is 0 Å². The van der Waals surface area contributed by atoms with Gasteiger partial charge in [-0.2, -0.15) is 4.98 Å². The maximum atomic E-state index is 12.7. The van der Waals surface area contributed by atoms with Crippen LogP contribution in [0.25, 0.3) is 22.5 Å². The van der Waals surface area contributed by atoms with Crippen molar-refractivity contribution in [2.45, 2.75) is 6.92 Å². The molecule has 0 aliphatic heterocycles. The molecule has 5 heteroatoms. The van der Waals surface area contributed by atoms with Crippen LogP contribution in [0.5, 0.6) is 0 Å². The van der Waals surface area contributed by atoms with Crippen molar-refractivity contribution in [1.82, 2.24) is 9.55 Å². The zero-order valence-corrected chi connectivity index (χ0v) is 14.1. The van der Waals surface area contributed by atoms with Crippen LogP contribution < -0.4 is 5.69 Å². The second-order valence-electron chi connectivity index (χ2n) is 5.48. The molecule has 0 saturated carbocycles. The van der Waals surface area contributed by atoms with Crippen molar-refractivity contribution >= 4 is 5.97 Å². The molecule has 0 atom stereocenters. The molecule has 0 fully saturated rings. The molecule has 0 saturated heterocycles. The topological polar surface area (TPSA) is 61.2 Å². The van der Waals surface area contributed by atoms with Gasteiger partial charge in [0.1, 0.15) is 5.56 Å². The highest BCUT2D eigenvalue weighted by molar-refractivity contribution is 6.02. The lowest BCUT2D eigenvalue weighted by atomic mass is 10.00. The van der Waals surface area contributed by atoms with E-state index in [9.17, 15) is 9.59 Å². The first-order valence-corrected chi connectivity index (χ1v) is 8.02. The average Bonchev–Trinajstić information content (AvgIpc) is 2.65. The minimum Gasteiger partial charge on any atom is -0.462 e. The molecule has 2 aromatic carbocycles. The summed E-state index contributed by atoms with van der Waals surface area (Å²) in [7, 11) is 1.61. The van der Waals surface area contributed by atoms with Crippen molar-refractivity contribution in [1.29, 1.82) is 0 Å². The summed E-state index contributed by atoms with van der Waals surface area (Å²) in [5.74, 6) is -0.497. The molecular formula is C20H18N2O3. The number of aromatic nitrogens is 2. The Balaban J connectivity index is 2.39. The van der Waals surface area contributed by atoms with Gasteiger partial charge in [-0.3, -0.25) is 4.57 Å². The van der Waals surface area contributed by atoms with E-state index in [0.29, 0.717) is 22.5 Å². The molecule has 1 aromatic heterocycles. The molecule has 0 radical (unpaired) electrons. The molecule has 0 aliphatic carbocycles. The first kappa shape index (κ1) is 16.6. The summed E-state index contributed by atoms with van der Waals surface area (Å²) < 4.78 is 6.64. The molecule has 0 bridgehead atoms. The standard InChI is InChI=1S/C20H18N2O3/c1-3-25-19(23)16-17(14-10-6-4-7-11-14)21-20(24)22(2)18(16)15-12-8-5-9-13-15/h4-13H,3H2,1-2H3. The molecule has 3 aromatic rings. The van der Waals surface area contributed by atoms with Gasteiger partial charge in [0.25, 0.3) is 0 Å². The van der Waals surface area contributed by atoms with Gasteiger partial charge in [-0.05, 0) is 12.5 Å². The highest BCUT2D eigenvalue weighted by Gasteiger charge is 2.24. The number of carbonyl (C=O) groups is 1. The summed E-state index contributed by atoms with van der Waals surface area (Å²) in [4.78, 5) is 29.3. The third kappa shape index (κ3) is 3.21. The second kappa shape index (κ2) is 7.13. The predicted molar refractivity (Wildman–Crippen MR) is 96.3 cm³/mol. The molecule has 0 aliphatic rings. The van der Waals surface area contributed by atoms with E-state index in [4.69, 9.17) is 4.74 Å². The fraction of sp³-hybridized carbons (Fsp3) is 0.150. The van der Waals surface area contributed by atoms with E-state index in [1.807, 2.05) is 60.7 Å². The molecule has 0 N–H and O–H groups in total. The minimum atomic E-state index is -0.497. The lowest BCUT2D eigenvalue weighted by Gasteiger charge is -2.16. The molecule has 0 amide bonds. The van der Waals surface area contributed by atoms with Crippen molar-refractivity contribution in [3.05, 3.63) is 76.7 Å². The Bertz CT molecular complexity index is 948. The molecule has 5 nitrogen and oxygen atoms in total. The van der Waals surface area contributed by atoms with Crippen LogP contribution in [-0.4, -0.2) is 22.1 Å². The average molecular weight is 334 g/mol. The highest BCUT2D eigenvalue weighted by Crippen LogP contribution is 2.30. The third-order valence-corrected chi connectivity index (χ3v) is 3.88. The maximum Gasteiger partial charge on any atom is 0.348 e. The predicted octanol–water partition coefficient (Wildman–Crippen LogP) is 3.29. The molecule has 25 heavy (non-hydrogen) atoms. The Labute approximate surface area is 145 Å². The Morgan fingerprint density at radius 3 is 2.12 bits per heavy atom. The van der Waals surface area contributed by atoms with Crippen molar-refractivity contribution in [2.75, 3.05) is 6.61 Å². The van der Waals surface area contributed by atoms with Gasteiger partial charge in [0.2, 0.25) is 0 Å². The summed E-state index contributed by atoms with van der Waals surface area (Å²) in [5, 5.41) is 0. The zero-order chi connectivity index (χ0) is 17.8. The van der Waals surface area contributed by atoms with Crippen molar-refractivity contribution in [3.63, 3.8) is 0 Å². The zero-order valence-electron chi connectivity index (χ0n) is 14.1. The molecule has 126 valence electrons.